The summed E-state index contributed by atoms with van der Waals surface area (Å²) < 4.78 is 14.4. The molecule has 27 heavy (non-hydrogen) atoms. The van der Waals surface area contributed by atoms with Gasteiger partial charge in [0.1, 0.15) is 5.82 Å². The van der Waals surface area contributed by atoms with Gasteiger partial charge in [0.25, 0.3) is 5.91 Å². The molecule has 0 bridgehead atoms. The minimum Gasteiger partial charge on any atom is -0.366 e. The SMILES string of the molecule is NC(=O)c1cccc(-c2ccc(NC(=S)Nc3ccccc3Cl)cc2)c1F. The number of carbonyl (C=O) groups excluding carboxylic acids is 1. The van der Waals surface area contributed by atoms with Crippen LogP contribution in [0.3, 0.4) is 0 Å². The van der Waals surface area contributed by atoms with Crippen molar-refractivity contribution in [2.45, 2.75) is 0 Å². The molecule has 0 aliphatic rings. The number of thiocarbonyl (C=S) groups is 1. The van der Waals surface area contributed by atoms with Crippen LogP contribution in [-0.4, -0.2) is 11.0 Å². The molecule has 136 valence electrons. The first-order valence-corrected chi connectivity index (χ1v) is 8.75. The van der Waals surface area contributed by atoms with Crippen molar-refractivity contribution in [1.82, 2.24) is 0 Å². The number of hydrogen-bond acceptors (Lipinski definition) is 2. The molecular weight excluding hydrogens is 385 g/mol. The molecule has 0 heterocycles. The lowest BCUT2D eigenvalue weighted by Crippen LogP contribution is -2.19. The van der Waals surface area contributed by atoms with E-state index in [9.17, 15) is 9.18 Å². The summed E-state index contributed by atoms with van der Waals surface area (Å²) >= 11 is 11.4. The molecule has 7 heteroatoms. The van der Waals surface area contributed by atoms with Crippen LogP contribution in [0.5, 0.6) is 0 Å². The van der Waals surface area contributed by atoms with Crippen molar-refractivity contribution < 1.29 is 9.18 Å². The summed E-state index contributed by atoms with van der Waals surface area (Å²) in [7, 11) is 0. The predicted octanol–water partition coefficient (Wildman–Crippen LogP) is 5.05. The van der Waals surface area contributed by atoms with Gasteiger partial charge in [0.15, 0.2) is 5.11 Å². The number of halogens is 2. The number of nitrogens with two attached hydrogens (primary N) is 1. The highest BCUT2D eigenvalue weighted by Gasteiger charge is 2.13. The minimum absolute atomic E-state index is 0.139. The number of nitrogens with one attached hydrogen (secondary N) is 2. The maximum absolute atomic E-state index is 14.4. The maximum Gasteiger partial charge on any atom is 0.251 e. The fourth-order valence-corrected chi connectivity index (χ4v) is 2.94. The van der Waals surface area contributed by atoms with Gasteiger partial charge in [-0.2, -0.15) is 0 Å². The van der Waals surface area contributed by atoms with Crippen LogP contribution in [0.4, 0.5) is 15.8 Å². The molecule has 4 N–H and O–H groups in total. The van der Waals surface area contributed by atoms with Crippen LogP contribution in [0.15, 0.2) is 66.7 Å². The van der Waals surface area contributed by atoms with Gasteiger partial charge < -0.3 is 16.4 Å². The van der Waals surface area contributed by atoms with Gasteiger partial charge in [0.05, 0.1) is 16.3 Å². The lowest BCUT2D eigenvalue weighted by molar-refractivity contribution is 0.0996. The Morgan fingerprint density at radius 2 is 1.67 bits per heavy atom. The molecule has 0 aromatic heterocycles. The third-order valence-corrected chi connectivity index (χ3v) is 4.37. The highest BCUT2D eigenvalue weighted by atomic mass is 35.5. The van der Waals surface area contributed by atoms with Crippen LogP contribution in [0.25, 0.3) is 11.1 Å². The summed E-state index contributed by atoms with van der Waals surface area (Å²) in [4.78, 5) is 11.3. The summed E-state index contributed by atoms with van der Waals surface area (Å²) in [5.41, 5.74) is 7.38. The second-order valence-electron chi connectivity index (χ2n) is 5.67. The Labute approximate surface area is 166 Å². The van der Waals surface area contributed by atoms with Crippen LogP contribution >= 0.6 is 23.8 Å². The molecule has 0 saturated heterocycles. The van der Waals surface area contributed by atoms with E-state index in [0.29, 0.717) is 26.9 Å². The van der Waals surface area contributed by atoms with Crippen molar-refractivity contribution >= 4 is 46.2 Å². The number of para-hydroxylation sites is 1. The van der Waals surface area contributed by atoms with Gasteiger partial charge >= 0.3 is 0 Å². The van der Waals surface area contributed by atoms with Crippen molar-refractivity contribution in [1.29, 1.82) is 0 Å². The predicted molar refractivity (Wildman–Crippen MR) is 112 cm³/mol. The zero-order valence-corrected chi connectivity index (χ0v) is 15.6. The molecular formula is C20H15ClFN3OS. The monoisotopic (exact) mass is 399 g/mol. The molecule has 4 nitrogen and oxygen atoms in total. The first-order valence-electron chi connectivity index (χ1n) is 7.97. The number of amides is 1. The van der Waals surface area contributed by atoms with E-state index < -0.39 is 11.7 Å². The fraction of sp³-hybridized carbons (Fsp3) is 0. The smallest absolute Gasteiger partial charge is 0.251 e. The second-order valence-corrected chi connectivity index (χ2v) is 6.48. The minimum atomic E-state index is -0.802. The molecule has 0 saturated carbocycles. The second kappa shape index (κ2) is 8.16. The van der Waals surface area contributed by atoms with Gasteiger partial charge in [-0.05, 0) is 48.1 Å². The molecule has 0 aliphatic heterocycles. The van der Waals surface area contributed by atoms with Gasteiger partial charge in [-0.25, -0.2) is 4.39 Å². The van der Waals surface area contributed by atoms with E-state index in [1.807, 2.05) is 18.2 Å². The standard InChI is InChI=1S/C20H15ClFN3OS/c21-16-6-1-2-7-17(16)25-20(27)24-13-10-8-12(9-11-13)14-4-3-5-15(18(14)22)19(23)26/h1-11H,(H2,23,26)(H2,24,25,27). The molecule has 3 rings (SSSR count). The van der Waals surface area contributed by atoms with Gasteiger partial charge in [0.2, 0.25) is 0 Å². The summed E-state index contributed by atoms with van der Waals surface area (Å²) in [6, 6.07) is 18.8. The van der Waals surface area contributed by atoms with Gasteiger partial charge in [-0.3, -0.25) is 4.79 Å². The van der Waals surface area contributed by atoms with Crippen LogP contribution in [0.2, 0.25) is 5.02 Å². The molecule has 3 aromatic rings. The Bertz CT molecular complexity index is 1010. The molecule has 0 radical (unpaired) electrons. The summed E-state index contributed by atoms with van der Waals surface area (Å²) in [5.74, 6) is -1.44. The Morgan fingerprint density at radius 3 is 2.33 bits per heavy atom. The first-order chi connectivity index (χ1) is 13.0. The molecule has 0 atom stereocenters. The zero-order valence-electron chi connectivity index (χ0n) is 14.0. The maximum atomic E-state index is 14.4. The quantitative estimate of drug-likeness (QED) is 0.537. The zero-order chi connectivity index (χ0) is 19.4. The highest BCUT2D eigenvalue weighted by molar-refractivity contribution is 7.80. The summed E-state index contributed by atoms with van der Waals surface area (Å²) in [6.07, 6.45) is 0. The number of carbonyl (C=O) groups is 1. The van der Waals surface area contributed by atoms with E-state index >= 15 is 0 Å². The molecule has 0 spiro atoms. The number of rotatable bonds is 4. The topological polar surface area (TPSA) is 67.2 Å². The molecule has 0 unspecified atom stereocenters. The lowest BCUT2D eigenvalue weighted by atomic mass is 10.0. The number of anilines is 2. The van der Waals surface area contributed by atoms with E-state index in [2.05, 4.69) is 10.6 Å². The van der Waals surface area contributed by atoms with E-state index in [1.165, 1.54) is 6.07 Å². The van der Waals surface area contributed by atoms with Crippen molar-refractivity contribution in [3.05, 3.63) is 83.1 Å². The average molecular weight is 400 g/mol. The van der Waals surface area contributed by atoms with E-state index in [1.54, 1.807) is 42.5 Å². The molecule has 0 fully saturated rings. The molecule has 0 aliphatic carbocycles. The molecule has 3 aromatic carbocycles. The number of benzene rings is 3. The van der Waals surface area contributed by atoms with Crippen LogP contribution in [-0.2, 0) is 0 Å². The van der Waals surface area contributed by atoms with Crippen LogP contribution in [0, 0.1) is 5.82 Å². The normalized spacial score (nSPS) is 10.3. The Morgan fingerprint density at radius 1 is 0.963 bits per heavy atom. The van der Waals surface area contributed by atoms with Crippen LogP contribution in [0.1, 0.15) is 10.4 Å². The molecule has 1 amide bonds. The average Bonchev–Trinajstić information content (AvgIpc) is 2.64. The number of primary amides is 1. The largest absolute Gasteiger partial charge is 0.366 e. The van der Waals surface area contributed by atoms with Gasteiger partial charge in [-0.15, -0.1) is 0 Å². The van der Waals surface area contributed by atoms with Crippen molar-refractivity contribution in [3.63, 3.8) is 0 Å². The Hall–Kier alpha value is -2.96. The van der Waals surface area contributed by atoms with Crippen molar-refractivity contribution in [2.24, 2.45) is 5.73 Å². The first kappa shape index (κ1) is 18.8. The van der Waals surface area contributed by atoms with Gasteiger partial charge in [-0.1, -0.05) is 48.0 Å². The summed E-state index contributed by atoms with van der Waals surface area (Å²) in [6.45, 7) is 0. The van der Waals surface area contributed by atoms with Crippen LogP contribution < -0.4 is 16.4 Å². The van der Waals surface area contributed by atoms with Crippen molar-refractivity contribution in [3.8, 4) is 11.1 Å². The van der Waals surface area contributed by atoms with Gasteiger partial charge in [0, 0.05) is 11.3 Å². The Balaban J connectivity index is 1.74. The third-order valence-electron chi connectivity index (χ3n) is 3.84. The summed E-state index contributed by atoms with van der Waals surface area (Å²) in [5, 5.41) is 6.98. The number of hydrogen-bond donors (Lipinski definition) is 3. The van der Waals surface area contributed by atoms with E-state index in [-0.39, 0.29) is 5.56 Å². The lowest BCUT2D eigenvalue weighted by Gasteiger charge is -2.12. The fourth-order valence-electron chi connectivity index (χ4n) is 2.53. The van der Waals surface area contributed by atoms with E-state index in [0.717, 1.165) is 5.69 Å². The Kier molecular flexibility index (Phi) is 5.69. The third kappa shape index (κ3) is 4.42. The van der Waals surface area contributed by atoms with E-state index in [4.69, 9.17) is 29.6 Å². The van der Waals surface area contributed by atoms with Crippen molar-refractivity contribution in [2.75, 3.05) is 10.6 Å². The highest BCUT2D eigenvalue weighted by Crippen LogP contribution is 2.26.